The zero-order valence-electron chi connectivity index (χ0n) is 16.7. The Morgan fingerprint density at radius 2 is 1.83 bits per heavy atom. The van der Waals surface area contributed by atoms with Gasteiger partial charge in [0.05, 0.1) is 20.5 Å². The molecule has 0 N–H and O–H groups in total. The molecule has 1 fully saturated rings. The maximum atomic E-state index is 13.2. The first-order valence-electron chi connectivity index (χ1n) is 9.37. The van der Waals surface area contributed by atoms with Gasteiger partial charge in [0.25, 0.3) is 0 Å². The van der Waals surface area contributed by atoms with Gasteiger partial charge in [-0.15, -0.1) is 0 Å². The van der Waals surface area contributed by atoms with E-state index in [2.05, 4.69) is 9.97 Å². The molecule has 0 saturated carbocycles. The van der Waals surface area contributed by atoms with Gasteiger partial charge in [-0.2, -0.15) is 4.31 Å². The van der Waals surface area contributed by atoms with E-state index >= 15 is 0 Å². The van der Waals surface area contributed by atoms with Crippen LogP contribution < -0.4 is 14.4 Å². The van der Waals surface area contributed by atoms with Gasteiger partial charge >= 0.3 is 0 Å². The molecule has 1 aliphatic heterocycles. The average Bonchev–Trinajstić information content (AvgIpc) is 3.34. The van der Waals surface area contributed by atoms with Crippen molar-refractivity contribution in [3.05, 3.63) is 48.9 Å². The molecule has 158 valence electrons. The van der Waals surface area contributed by atoms with Gasteiger partial charge in [-0.1, -0.05) is 0 Å². The Hall–Kier alpha value is -3.11. The van der Waals surface area contributed by atoms with Crippen LogP contribution in [0.2, 0.25) is 0 Å². The molecule has 0 bridgehead atoms. The largest absolute Gasteiger partial charge is 0.497 e. The van der Waals surface area contributed by atoms with Crippen molar-refractivity contribution in [1.82, 2.24) is 14.3 Å². The molecule has 0 unspecified atom stereocenters. The number of sulfonamides is 1. The zero-order chi connectivity index (χ0) is 21.1. The molecular formula is C20H22N4O5S. The molecule has 3 aromatic rings. The van der Waals surface area contributed by atoms with Crippen molar-refractivity contribution >= 4 is 16.0 Å². The summed E-state index contributed by atoms with van der Waals surface area (Å²) in [6.07, 6.45) is 3.26. The number of nitrogens with zero attached hydrogens (tertiary/aromatic N) is 4. The van der Waals surface area contributed by atoms with E-state index < -0.39 is 10.0 Å². The van der Waals surface area contributed by atoms with Crippen molar-refractivity contribution in [2.45, 2.75) is 4.90 Å². The lowest BCUT2D eigenvalue weighted by Gasteiger charge is -2.34. The number of rotatable bonds is 6. The SMILES string of the molecule is COc1ccc(S(=O)(=O)N2CCN(c3nccc(-c4ccco4)n3)CC2)c(OC)c1. The third-order valence-corrected chi connectivity index (χ3v) is 6.86. The molecular weight excluding hydrogens is 408 g/mol. The minimum atomic E-state index is -3.71. The quantitative estimate of drug-likeness (QED) is 0.587. The molecule has 10 heteroatoms. The summed E-state index contributed by atoms with van der Waals surface area (Å²) in [6.45, 7) is 1.57. The monoisotopic (exact) mass is 430 g/mol. The first-order valence-corrected chi connectivity index (χ1v) is 10.8. The third-order valence-electron chi connectivity index (χ3n) is 4.93. The minimum absolute atomic E-state index is 0.121. The Morgan fingerprint density at radius 3 is 2.50 bits per heavy atom. The summed E-state index contributed by atoms with van der Waals surface area (Å²) in [4.78, 5) is 11.0. The smallest absolute Gasteiger partial charge is 0.246 e. The summed E-state index contributed by atoms with van der Waals surface area (Å²) in [5, 5.41) is 0. The normalized spacial score (nSPS) is 15.2. The summed E-state index contributed by atoms with van der Waals surface area (Å²) < 4.78 is 43.6. The van der Waals surface area contributed by atoms with Gasteiger partial charge in [0.15, 0.2) is 5.76 Å². The highest BCUT2D eigenvalue weighted by Crippen LogP contribution is 2.31. The van der Waals surface area contributed by atoms with Crippen molar-refractivity contribution in [3.8, 4) is 23.0 Å². The van der Waals surface area contributed by atoms with Crippen LogP contribution in [-0.4, -0.2) is 63.1 Å². The molecule has 30 heavy (non-hydrogen) atoms. The van der Waals surface area contributed by atoms with Gasteiger partial charge in [-0.25, -0.2) is 18.4 Å². The van der Waals surface area contributed by atoms with Gasteiger partial charge in [0.2, 0.25) is 16.0 Å². The fraction of sp³-hybridized carbons (Fsp3) is 0.300. The van der Waals surface area contributed by atoms with Crippen molar-refractivity contribution in [1.29, 1.82) is 0 Å². The van der Waals surface area contributed by atoms with Crippen molar-refractivity contribution in [2.24, 2.45) is 0 Å². The molecule has 2 aromatic heterocycles. The van der Waals surface area contributed by atoms with Crippen molar-refractivity contribution in [2.75, 3.05) is 45.3 Å². The molecule has 1 saturated heterocycles. The molecule has 3 heterocycles. The first-order chi connectivity index (χ1) is 14.5. The standard InChI is InChI=1S/C20H22N4O5S/c1-27-15-5-6-19(18(14-15)28-2)30(25,26)24-11-9-23(10-12-24)20-21-8-7-16(22-20)17-4-3-13-29-17/h3-8,13-14H,9-12H2,1-2H3. The van der Waals surface area contributed by atoms with Crippen LogP contribution in [0.25, 0.3) is 11.5 Å². The highest BCUT2D eigenvalue weighted by atomic mass is 32.2. The predicted molar refractivity (Wildman–Crippen MR) is 110 cm³/mol. The lowest BCUT2D eigenvalue weighted by Crippen LogP contribution is -2.49. The number of methoxy groups -OCH3 is 2. The summed E-state index contributed by atoms with van der Waals surface area (Å²) in [5.74, 6) is 1.99. The fourth-order valence-electron chi connectivity index (χ4n) is 3.32. The van der Waals surface area contributed by atoms with E-state index in [-0.39, 0.29) is 10.6 Å². The van der Waals surface area contributed by atoms with Crippen LogP contribution in [0.15, 0.2) is 58.2 Å². The van der Waals surface area contributed by atoms with Crippen molar-refractivity contribution < 1.29 is 22.3 Å². The van der Waals surface area contributed by atoms with Gasteiger partial charge in [0, 0.05) is 38.4 Å². The molecule has 0 radical (unpaired) electrons. The number of furan rings is 1. The van der Waals surface area contributed by atoms with E-state index in [9.17, 15) is 8.42 Å². The molecule has 4 rings (SSSR count). The Balaban J connectivity index is 1.50. The number of benzene rings is 1. The van der Waals surface area contributed by atoms with Crippen LogP contribution in [-0.2, 0) is 10.0 Å². The fourth-order valence-corrected chi connectivity index (χ4v) is 4.88. The molecule has 1 aromatic carbocycles. The Morgan fingerprint density at radius 1 is 1.03 bits per heavy atom. The van der Waals surface area contributed by atoms with Crippen LogP contribution in [0.3, 0.4) is 0 Å². The number of hydrogen-bond acceptors (Lipinski definition) is 8. The van der Waals surface area contributed by atoms with Crippen LogP contribution in [0, 0.1) is 0 Å². The summed E-state index contributed by atoms with van der Waals surface area (Å²) in [6, 6.07) is 10.1. The Bertz CT molecular complexity index is 1110. The van der Waals surface area contributed by atoms with Crippen LogP contribution in [0.5, 0.6) is 11.5 Å². The lowest BCUT2D eigenvalue weighted by molar-refractivity contribution is 0.369. The van der Waals surface area contributed by atoms with Gasteiger partial charge in [0.1, 0.15) is 22.1 Å². The second-order valence-corrected chi connectivity index (χ2v) is 8.53. The number of ether oxygens (including phenoxy) is 2. The lowest BCUT2D eigenvalue weighted by atomic mass is 10.3. The average molecular weight is 430 g/mol. The Kier molecular flexibility index (Phi) is 5.60. The second kappa shape index (κ2) is 8.33. The molecule has 0 amide bonds. The first kappa shape index (κ1) is 20.2. The van der Waals surface area contributed by atoms with Crippen LogP contribution in [0.4, 0.5) is 5.95 Å². The Labute approximate surface area is 174 Å². The maximum absolute atomic E-state index is 13.2. The molecule has 1 aliphatic rings. The summed E-state index contributed by atoms with van der Waals surface area (Å²) in [7, 11) is -0.750. The summed E-state index contributed by atoms with van der Waals surface area (Å²) >= 11 is 0. The van der Waals surface area contributed by atoms with E-state index in [4.69, 9.17) is 13.9 Å². The van der Waals surface area contributed by atoms with E-state index in [0.29, 0.717) is 49.3 Å². The number of hydrogen-bond donors (Lipinski definition) is 0. The third kappa shape index (κ3) is 3.83. The number of anilines is 1. The van der Waals surface area contributed by atoms with E-state index in [1.807, 2.05) is 11.0 Å². The minimum Gasteiger partial charge on any atom is -0.497 e. The molecule has 0 spiro atoms. The number of aromatic nitrogens is 2. The van der Waals surface area contributed by atoms with Gasteiger partial charge < -0.3 is 18.8 Å². The van der Waals surface area contributed by atoms with E-state index in [1.165, 1.54) is 24.6 Å². The van der Waals surface area contributed by atoms with E-state index in [1.54, 1.807) is 36.7 Å². The van der Waals surface area contributed by atoms with Crippen LogP contribution in [0.1, 0.15) is 0 Å². The summed E-state index contributed by atoms with van der Waals surface area (Å²) in [5.41, 5.74) is 0.683. The molecule has 0 atom stereocenters. The highest BCUT2D eigenvalue weighted by Gasteiger charge is 2.31. The predicted octanol–water partition coefficient (Wildman–Crippen LogP) is 2.26. The second-order valence-electron chi connectivity index (χ2n) is 6.63. The van der Waals surface area contributed by atoms with Gasteiger partial charge in [-0.05, 0) is 30.3 Å². The van der Waals surface area contributed by atoms with Gasteiger partial charge in [-0.3, -0.25) is 0 Å². The van der Waals surface area contributed by atoms with Crippen LogP contribution >= 0.6 is 0 Å². The van der Waals surface area contributed by atoms with Crippen molar-refractivity contribution in [3.63, 3.8) is 0 Å². The zero-order valence-corrected chi connectivity index (χ0v) is 17.5. The van der Waals surface area contributed by atoms with E-state index in [0.717, 1.165) is 0 Å². The topological polar surface area (TPSA) is 98.0 Å². The molecule has 9 nitrogen and oxygen atoms in total. The highest BCUT2D eigenvalue weighted by molar-refractivity contribution is 7.89. The maximum Gasteiger partial charge on any atom is 0.246 e. The molecule has 0 aliphatic carbocycles. The number of piperazine rings is 1.